The summed E-state index contributed by atoms with van der Waals surface area (Å²) < 4.78 is 26.4. The van der Waals surface area contributed by atoms with Gasteiger partial charge in [-0.2, -0.15) is 4.31 Å². The zero-order valence-corrected chi connectivity index (χ0v) is 12.9. The molecule has 1 heterocycles. The lowest BCUT2D eigenvalue weighted by atomic mass is 10.2. The molecule has 2 rings (SSSR count). The van der Waals surface area contributed by atoms with Crippen LogP contribution in [0.5, 0.6) is 0 Å². The summed E-state index contributed by atoms with van der Waals surface area (Å²) in [4.78, 5) is 11.0. The van der Waals surface area contributed by atoms with E-state index in [0.717, 1.165) is 4.31 Å². The Morgan fingerprint density at radius 3 is 2.74 bits per heavy atom. The van der Waals surface area contributed by atoms with Gasteiger partial charge in [0.05, 0.1) is 5.02 Å². The van der Waals surface area contributed by atoms with Crippen molar-refractivity contribution in [2.24, 2.45) is 0 Å². The van der Waals surface area contributed by atoms with Crippen LogP contribution in [-0.2, 0) is 14.8 Å². The van der Waals surface area contributed by atoms with Gasteiger partial charge in [0.25, 0.3) is 0 Å². The number of hydrogen-bond acceptors (Lipinski definition) is 3. The maximum atomic E-state index is 12.5. The number of nitrogens with zero attached hydrogens (tertiary/aromatic N) is 1. The van der Waals surface area contributed by atoms with E-state index in [1.54, 1.807) is 12.1 Å². The van der Waals surface area contributed by atoms with E-state index in [9.17, 15) is 13.2 Å². The molecule has 1 aliphatic rings. The Labute approximate surface area is 124 Å². The highest BCUT2D eigenvalue weighted by atomic mass is 79.9. The first kappa shape index (κ1) is 14.8. The summed E-state index contributed by atoms with van der Waals surface area (Å²) >= 11 is 9.09. The van der Waals surface area contributed by atoms with Gasteiger partial charge in [0.15, 0.2) is 0 Å². The molecule has 0 spiro atoms. The molecule has 0 radical (unpaired) electrons. The van der Waals surface area contributed by atoms with Crippen LogP contribution in [0.3, 0.4) is 0 Å². The highest BCUT2D eigenvalue weighted by Crippen LogP contribution is 2.34. The van der Waals surface area contributed by atoms with Gasteiger partial charge in [-0.25, -0.2) is 8.42 Å². The number of hydrogen-bond donors (Lipinski definition) is 1. The third-order valence-electron chi connectivity index (χ3n) is 2.97. The van der Waals surface area contributed by atoms with Crippen molar-refractivity contribution >= 4 is 43.5 Å². The lowest BCUT2D eigenvalue weighted by Gasteiger charge is -2.22. The van der Waals surface area contributed by atoms with Crippen LogP contribution in [0.4, 0.5) is 0 Å². The van der Waals surface area contributed by atoms with Crippen LogP contribution in [0.15, 0.2) is 27.6 Å². The maximum absolute atomic E-state index is 12.5. The smallest absolute Gasteiger partial charge is 0.322 e. The lowest BCUT2D eigenvalue weighted by Crippen LogP contribution is -2.40. The predicted molar refractivity (Wildman–Crippen MR) is 73.7 cm³/mol. The van der Waals surface area contributed by atoms with Crippen molar-refractivity contribution < 1.29 is 18.3 Å². The molecule has 1 aromatic carbocycles. The molecule has 19 heavy (non-hydrogen) atoms. The second-order valence-electron chi connectivity index (χ2n) is 4.16. The summed E-state index contributed by atoms with van der Waals surface area (Å²) in [6.07, 6.45) is 0.842. The predicted octanol–water partition coefficient (Wildman–Crippen LogP) is 2.34. The Hall–Kier alpha value is -0.630. The van der Waals surface area contributed by atoms with Gasteiger partial charge in [-0.15, -0.1) is 0 Å². The number of halogens is 2. The normalized spacial score (nSPS) is 20.6. The van der Waals surface area contributed by atoms with Crippen molar-refractivity contribution in [3.63, 3.8) is 0 Å². The molecular formula is C11H11BrClNO4S. The van der Waals surface area contributed by atoms with Crippen LogP contribution in [0.1, 0.15) is 12.8 Å². The van der Waals surface area contributed by atoms with E-state index in [-0.39, 0.29) is 16.5 Å². The molecule has 0 bridgehead atoms. The van der Waals surface area contributed by atoms with Crippen LogP contribution in [0.2, 0.25) is 5.02 Å². The van der Waals surface area contributed by atoms with E-state index in [1.807, 2.05) is 0 Å². The second-order valence-corrected chi connectivity index (χ2v) is 7.25. The van der Waals surface area contributed by atoms with Gasteiger partial charge in [0.1, 0.15) is 10.9 Å². The largest absolute Gasteiger partial charge is 0.480 e. The zero-order valence-electron chi connectivity index (χ0n) is 9.71. The average Bonchev–Trinajstić information content (AvgIpc) is 2.77. The topological polar surface area (TPSA) is 74.7 Å². The Morgan fingerprint density at radius 1 is 1.47 bits per heavy atom. The number of aliphatic carboxylic acids is 1. The van der Waals surface area contributed by atoms with Gasteiger partial charge in [0, 0.05) is 11.0 Å². The molecule has 1 N–H and O–H groups in total. The van der Waals surface area contributed by atoms with Crippen molar-refractivity contribution in [3.8, 4) is 0 Å². The Morgan fingerprint density at radius 2 is 2.16 bits per heavy atom. The summed E-state index contributed by atoms with van der Waals surface area (Å²) in [6, 6.07) is 3.62. The number of sulfonamides is 1. The number of benzene rings is 1. The summed E-state index contributed by atoms with van der Waals surface area (Å²) in [5.74, 6) is -1.13. The highest BCUT2D eigenvalue weighted by Gasteiger charge is 2.40. The molecule has 1 fully saturated rings. The number of carboxylic acids is 1. The molecule has 1 saturated heterocycles. The van der Waals surface area contributed by atoms with E-state index in [4.69, 9.17) is 16.7 Å². The minimum Gasteiger partial charge on any atom is -0.480 e. The van der Waals surface area contributed by atoms with Crippen LogP contribution in [-0.4, -0.2) is 36.4 Å². The van der Waals surface area contributed by atoms with Crippen LogP contribution >= 0.6 is 27.5 Å². The minimum atomic E-state index is -3.92. The first-order valence-electron chi connectivity index (χ1n) is 5.54. The van der Waals surface area contributed by atoms with E-state index in [0.29, 0.717) is 17.3 Å². The first-order chi connectivity index (χ1) is 8.85. The molecule has 1 aromatic rings. The van der Waals surface area contributed by atoms with Gasteiger partial charge < -0.3 is 5.11 Å². The summed E-state index contributed by atoms with van der Waals surface area (Å²) in [6.45, 7) is 0.191. The Kier molecular flexibility index (Phi) is 4.20. The molecule has 1 atom stereocenters. The van der Waals surface area contributed by atoms with Gasteiger partial charge in [-0.1, -0.05) is 17.7 Å². The summed E-state index contributed by atoms with van der Waals surface area (Å²) in [5.41, 5.74) is 0. The third kappa shape index (κ3) is 2.65. The van der Waals surface area contributed by atoms with Gasteiger partial charge in [-0.3, -0.25) is 4.79 Å². The van der Waals surface area contributed by atoms with Gasteiger partial charge >= 0.3 is 5.97 Å². The second kappa shape index (κ2) is 5.40. The fraction of sp³-hybridized carbons (Fsp3) is 0.364. The van der Waals surface area contributed by atoms with Gasteiger partial charge in [0.2, 0.25) is 10.0 Å². The number of rotatable bonds is 3. The zero-order chi connectivity index (χ0) is 14.2. The molecule has 0 saturated carbocycles. The molecule has 0 unspecified atom stereocenters. The van der Waals surface area contributed by atoms with Crippen LogP contribution in [0, 0.1) is 0 Å². The Balaban J connectivity index is 2.51. The molecule has 0 amide bonds. The molecule has 8 heteroatoms. The first-order valence-corrected chi connectivity index (χ1v) is 8.15. The lowest BCUT2D eigenvalue weighted by molar-refractivity contribution is -0.140. The van der Waals surface area contributed by atoms with E-state index < -0.39 is 22.0 Å². The molecule has 1 aliphatic heterocycles. The molecule has 0 aliphatic carbocycles. The van der Waals surface area contributed by atoms with E-state index >= 15 is 0 Å². The number of carbonyl (C=O) groups is 1. The molecule has 104 valence electrons. The van der Waals surface area contributed by atoms with Crippen molar-refractivity contribution in [2.75, 3.05) is 6.54 Å². The maximum Gasteiger partial charge on any atom is 0.322 e. The van der Waals surface area contributed by atoms with E-state index in [1.165, 1.54) is 6.07 Å². The molecule has 0 aromatic heterocycles. The van der Waals surface area contributed by atoms with Gasteiger partial charge in [-0.05, 0) is 40.9 Å². The van der Waals surface area contributed by atoms with Crippen LogP contribution in [0.25, 0.3) is 0 Å². The van der Waals surface area contributed by atoms with Crippen molar-refractivity contribution in [3.05, 3.63) is 27.7 Å². The fourth-order valence-corrected chi connectivity index (χ4v) is 5.45. The quantitative estimate of drug-likeness (QED) is 0.888. The highest BCUT2D eigenvalue weighted by molar-refractivity contribution is 9.10. The summed E-state index contributed by atoms with van der Waals surface area (Å²) in [7, 11) is -3.92. The van der Waals surface area contributed by atoms with Crippen molar-refractivity contribution in [1.82, 2.24) is 4.31 Å². The summed E-state index contributed by atoms with van der Waals surface area (Å²) in [5, 5.41) is 9.16. The van der Waals surface area contributed by atoms with E-state index in [2.05, 4.69) is 15.9 Å². The SMILES string of the molecule is O=C(O)[C@@H]1CCCN1S(=O)(=O)c1c(Cl)cccc1Br. The fourth-order valence-electron chi connectivity index (χ4n) is 2.12. The number of carboxylic acid groups (broad SMARTS) is 1. The monoisotopic (exact) mass is 367 g/mol. The third-order valence-corrected chi connectivity index (χ3v) is 6.33. The molecule has 5 nitrogen and oxygen atoms in total. The van der Waals surface area contributed by atoms with Crippen molar-refractivity contribution in [1.29, 1.82) is 0 Å². The standard InChI is InChI=1S/C11H11BrClNO4S/c12-7-3-1-4-8(13)10(7)19(17,18)14-6-2-5-9(14)11(15)16/h1,3-4,9H,2,5-6H2,(H,15,16)/t9-/m0/s1. The van der Waals surface area contributed by atoms with Crippen LogP contribution < -0.4 is 0 Å². The molecular weight excluding hydrogens is 358 g/mol. The van der Waals surface area contributed by atoms with Crippen molar-refractivity contribution in [2.45, 2.75) is 23.8 Å². The minimum absolute atomic E-state index is 0.0745. The average molecular weight is 369 g/mol. The Bertz CT molecular complexity index is 599.